The number of hydrogen-bond acceptors (Lipinski definition) is 6. The largest absolute Gasteiger partial charge is 0.457 e. The van der Waals surface area contributed by atoms with Gasteiger partial charge in [-0.2, -0.15) is 0 Å². The van der Waals surface area contributed by atoms with Crippen molar-refractivity contribution in [3.63, 3.8) is 0 Å². The number of aliphatic hydroxyl groups excluding tert-OH is 1. The molecule has 3 aromatic carbocycles. The van der Waals surface area contributed by atoms with Gasteiger partial charge in [0.05, 0.1) is 17.4 Å². The lowest BCUT2D eigenvalue weighted by Gasteiger charge is -2.35. The van der Waals surface area contributed by atoms with Gasteiger partial charge in [0, 0.05) is 25.4 Å². The molecule has 7 nitrogen and oxygen atoms in total. The van der Waals surface area contributed by atoms with Crippen LogP contribution in [0.4, 0.5) is 4.39 Å². The molecule has 208 valence electrons. The van der Waals surface area contributed by atoms with Crippen LogP contribution in [0.15, 0.2) is 71.6 Å². The number of hydrogen-bond donors (Lipinski definition) is 1. The molecule has 0 aliphatic carbocycles. The summed E-state index contributed by atoms with van der Waals surface area (Å²) in [6.45, 7) is 5.19. The molecule has 0 radical (unpaired) electrons. The second-order valence-corrected chi connectivity index (χ2v) is 12.4. The molecule has 1 aliphatic heterocycles. The number of piperidine rings is 1. The molecule has 4 rings (SSSR count). The standard InChI is InChI=1S/C30H34FNO6S/c1-20(2)30(34)22-12-14-32(15-13-22)29(33)18-21-16-26(37-24-6-4-23(31)5-7-24)19-27(17-21)38-25-8-10-28(11-9-25)39(3,35)36/h4-11,16-17,19-20,22,30,34H,12-15,18H2,1-3H3. The fourth-order valence-electron chi connectivity index (χ4n) is 4.70. The average Bonchev–Trinajstić information content (AvgIpc) is 2.89. The number of aliphatic hydroxyl groups is 1. The van der Waals surface area contributed by atoms with Crippen LogP contribution in [-0.4, -0.2) is 49.8 Å². The molecule has 9 heteroatoms. The fraction of sp³-hybridized carbons (Fsp3) is 0.367. The summed E-state index contributed by atoms with van der Waals surface area (Å²) >= 11 is 0. The van der Waals surface area contributed by atoms with Crippen LogP contribution in [-0.2, 0) is 21.1 Å². The summed E-state index contributed by atoms with van der Waals surface area (Å²) in [6, 6.07) is 16.8. The van der Waals surface area contributed by atoms with Crippen molar-refractivity contribution >= 4 is 15.7 Å². The molecule has 1 fully saturated rings. The van der Waals surface area contributed by atoms with Crippen molar-refractivity contribution in [3.8, 4) is 23.0 Å². The number of rotatable bonds is 9. The zero-order valence-corrected chi connectivity index (χ0v) is 23.2. The molecule has 0 aromatic heterocycles. The minimum absolute atomic E-state index is 0.0325. The monoisotopic (exact) mass is 555 g/mol. The normalized spacial score (nSPS) is 15.3. The lowest BCUT2D eigenvalue weighted by molar-refractivity contribution is -0.132. The molecule has 1 saturated heterocycles. The minimum atomic E-state index is -3.34. The third-order valence-corrected chi connectivity index (χ3v) is 8.02. The van der Waals surface area contributed by atoms with E-state index in [1.54, 1.807) is 30.3 Å². The van der Waals surface area contributed by atoms with E-state index >= 15 is 0 Å². The number of benzene rings is 3. The van der Waals surface area contributed by atoms with Gasteiger partial charge in [0.2, 0.25) is 5.91 Å². The van der Waals surface area contributed by atoms with Gasteiger partial charge in [-0.05, 0) is 90.9 Å². The maximum atomic E-state index is 13.4. The first-order chi connectivity index (χ1) is 18.5. The van der Waals surface area contributed by atoms with Gasteiger partial charge in [0.25, 0.3) is 0 Å². The molecule has 0 spiro atoms. The quantitative estimate of drug-likeness (QED) is 0.369. The van der Waals surface area contributed by atoms with Crippen LogP contribution < -0.4 is 9.47 Å². The van der Waals surface area contributed by atoms with Gasteiger partial charge in [-0.25, -0.2) is 12.8 Å². The molecule has 1 amide bonds. The molecule has 1 N–H and O–H groups in total. The van der Waals surface area contributed by atoms with Crippen molar-refractivity contribution in [1.29, 1.82) is 0 Å². The molecular formula is C30H34FNO6S. The smallest absolute Gasteiger partial charge is 0.226 e. The van der Waals surface area contributed by atoms with E-state index in [1.807, 2.05) is 18.7 Å². The van der Waals surface area contributed by atoms with E-state index in [-0.39, 0.29) is 41.0 Å². The Morgan fingerprint density at radius 1 is 0.923 bits per heavy atom. The maximum Gasteiger partial charge on any atom is 0.226 e. The van der Waals surface area contributed by atoms with Crippen LogP contribution in [0.2, 0.25) is 0 Å². The average molecular weight is 556 g/mol. The first kappa shape index (κ1) is 28.6. The van der Waals surface area contributed by atoms with E-state index in [9.17, 15) is 22.7 Å². The number of amides is 1. The van der Waals surface area contributed by atoms with E-state index in [0.29, 0.717) is 41.7 Å². The number of halogens is 1. The van der Waals surface area contributed by atoms with E-state index in [0.717, 1.165) is 19.1 Å². The van der Waals surface area contributed by atoms with Crippen LogP contribution >= 0.6 is 0 Å². The summed E-state index contributed by atoms with van der Waals surface area (Å²) in [7, 11) is -3.34. The van der Waals surface area contributed by atoms with Gasteiger partial charge in [-0.1, -0.05) is 13.8 Å². The summed E-state index contributed by atoms with van der Waals surface area (Å²) in [5.74, 6) is 1.62. The van der Waals surface area contributed by atoms with Gasteiger partial charge in [0.1, 0.15) is 28.8 Å². The van der Waals surface area contributed by atoms with E-state index in [4.69, 9.17) is 9.47 Å². The second kappa shape index (κ2) is 12.2. The zero-order valence-electron chi connectivity index (χ0n) is 22.3. The highest BCUT2D eigenvalue weighted by molar-refractivity contribution is 7.90. The molecule has 39 heavy (non-hydrogen) atoms. The Balaban J connectivity index is 1.52. The highest BCUT2D eigenvalue weighted by Crippen LogP contribution is 2.32. The Labute approximate surface area is 229 Å². The molecular weight excluding hydrogens is 521 g/mol. The van der Waals surface area contributed by atoms with Crippen LogP contribution in [0.5, 0.6) is 23.0 Å². The SMILES string of the molecule is CC(C)C(O)C1CCN(C(=O)Cc2cc(Oc3ccc(F)cc3)cc(Oc3ccc(S(C)(=O)=O)cc3)c2)CC1. The summed E-state index contributed by atoms with van der Waals surface area (Å²) in [4.78, 5) is 15.2. The van der Waals surface area contributed by atoms with Gasteiger partial charge >= 0.3 is 0 Å². The molecule has 3 aromatic rings. The van der Waals surface area contributed by atoms with E-state index in [2.05, 4.69) is 0 Å². The Kier molecular flexibility index (Phi) is 8.92. The number of likely N-dealkylation sites (tertiary alicyclic amines) is 1. The lowest BCUT2D eigenvalue weighted by Crippen LogP contribution is -2.42. The summed E-state index contributed by atoms with van der Waals surface area (Å²) < 4.78 is 48.8. The fourth-order valence-corrected chi connectivity index (χ4v) is 5.33. The van der Waals surface area contributed by atoms with Crippen LogP contribution in [0.1, 0.15) is 32.3 Å². The van der Waals surface area contributed by atoms with Crippen molar-refractivity contribution in [1.82, 2.24) is 4.90 Å². The van der Waals surface area contributed by atoms with Gasteiger partial charge in [0.15, 0.2) is 9.84 Å². The van der Waals surface area contributed by atoms with Gasteiger partial charge in [-0.3, -0.25) is 4.79 Å². The summed E-state index contributed by atoms with van der Waals surface area (Å²) in [5, 5.41) is 10.4. The number of ether oxygens (including phenoxy) is 2. The van der Waals surface area contributed by atoms with Crippen molar-refractivity contribution in [3.05, 3.63) is 78.1 Å². The topological polar surface area (TPSA) is 93.1 Å². The number of carbonyl (C=O) groups is 1. The second-order valence-electron chi connectivity index (χ2n) is 10.3. The lowest BCUT2D eigenvalue weighted by atomic mass is 9.85. The van der Waals surface area contributed by atoms with E-state index in [1.165, 1.54) is 36.4 Å². The Morgan fingerprint density at radius 3 is 1.92 bits per heavy atom. The van der Waals surface area contributed by atoms with Crippen molar-refractivity contribution < 1.29 is 32.2 Å². The Bertz CT molecular complexity index is 1380. The summed E-state index contributed by atoms with van der Waals surface area (Å²) in [5.41, 5.74) is 0.673. The van der Waals surface area contributed by atoms with Crippen LogP contribution in [0, 0.1) is 17.7 Å². The molecule has 1 heterocycles. The first-order valence-electron chi connectivity index (χ1n) is 13.0. The highest BCUT2D eigenvalue weighted by atomic mass is 32.2. The Hall–Kier alpha value is -3.43. The molecule has 0 bridgehead atoms. The van der Waals surface area contributed by atoms with Crippen molar-refractivity contribution in [2.45, 2.75) is 44.1 Å². The third kappa shape index (κ3) is 7.80. The molecule has 0 saturated carbocycles. The zero-order chi connectivity index (χ0) is 28.2. The van der Waals surface area contributed by atoms with Crippen LogP contribution in [0.3, 0.4) is 0 Å². The maximum absolute atomic E-state index is 13.4. The Morgan fingerprint density at radius 2 is 1.44 bits per heavy atom. The van der Waals surface area contributed by atoms with Crippen LogP contribution in [0.25, 0.3) is 0 Å². The van der Waals surface area contributed by atoms with Gasteiger partial charge < -0.3 is 19.5 Å². The molecule has 1 unspecified atom stereocenters. The van der Waals surface area contributed by atoms with Crippen molar-refractivity contribution in [2.75, 3.05) is 19.3 Å². The third-order valence-electron chi connectivity index (χ3n) is 6.89. The van der Waals surface area contributed by atoms with Crippen molar-refractivity contribution in [2.24, 2.45) is 11.8 Å². The highest BCUT2D eigenvalue weighted by Gasteiger charge is 2.29. The molecule has 1 aliphatic rings. The number of carbonyl (C=O) groups excluding carboxylic acids is 1. The number of sulfone groups is 1. The summed E-state index contributed by atoms with van der Waals surface area (Å²) in [6.07, 6.45) is 2.42. The number of nitrogens with zero attached hydrogens (tertiary/aromatic N) is 1. The van der Waals surface area contributed by atoms with E-state index < -0.39 is 9.84 Å². The predicted octanol–water partition coefficient (Wildman–Crippen LogP) is 5.61. The first-order valence-corrected chi connectivity index (χ1v) is 14.9. The predicted molar refractivity (Wildman–Crippen MR) is 146 cm³/mol. The van der Waals surface area contributed by atoms with Gasteiger partial charge in [-0.15, -0.1) is 0 Å². The molecule has 1 atom stereocenters. The minimum Gasteiger partial charge on any atom is -0.457 e.